The SMILES string of the molecule is CCc1occc1-c1onc(N)c1-c1c(F)cccc1Cl. The molecule has 0 unspecified atom stereocenters. The Balaban J connectivity index is 2.28. The number of aromatic nitrogens is 1. The summed E-state index contributed by atoms with van der Waals surface area (Å²) in [6.07, 6.45) is 2.20. The summed E-state index contributed by atoms with van der Waals surface area (Å²) in [6, 6.07) is 6.16. The Morgan fingerprint density at radius 1 is 1.29 bits per heavy atom. The zero-order valence-electron chi connectivity index (χ0n) is 11.2. The molecular weight excluding hydrogens is 295 g/mol. The van der Waals surface area contributed by atoms with E-state index in [1.165, 1.54) is 12.1 Å². The predicted octanol–water partition coefficient (Wildman–Crippen LogP) is 4.54. The van der Waals surface area contributed by atoms with E-state index in [1.54, 1.807) is 18.4 Å². The molecule has 0 atom stereocenters. The molecule has 0 bridgehead atoms. The van der Waals surface area contributed by atoms with Gasteiger partial charge in [0.2, 0.25) is 0 Å². The van der Waals surface area contributed by atoms with Gasteiger partial charge in [-0.15, -0.1) is 0 Å². The highest BCUT2D eigenvalue weighted by Gasteiger charge is 2.25. The van der Waals surface area contributed by atoms with Gasteiger partial charge in [0.1, 0.15) is 11.6 Å². The van der Waals surface area contributed by atoms with Gasteiger partial charge in [-0.3, -0.25) is 0 Å². The second-order valence-corrected chi connectivity index (χ2v) is 4.89. The Morgan fingerprint density at radius 3 is 2.81 bits per heavy atom. The molecule has 0 fully saturated rings. The number of anilines is 1. The molecule has 21 heavy (non-hydrogen) atoms. The zero-order valence-corrected chi connectivity index (χ0v) is 11.9. The van der Waals surface area contributed by atoms with Crippen LogP contribution in [-0.2, 0) is 6.42 Å². The number of aryl methyl sites for hydroxylation is 1. The van der Waals surface area contributed by atoms with Gasteiger partial charge in [-0.25, -0.2) is 4.39 Å². The van der Waals surface area contributed by atoms with E-state index < -0.39 is 5.82 Å². The number of benzene rings is 1. The summed E-state index contributed by atoms with van der Waals surface area (Å²) >= 11 is 6.11. The third kappa shape index (κ3) is 2.19. The summed E-state index contributed by atoms with van der Waals surface area (Å²) < 4.78 is 24.8. The minimum atomic E-state index is -0.486. The fourth-order valence-corrected chi connectivity index (χ4v) is 2.54. The van der Waals surface area contributed by atoms with Gasteiger partial charge in [-0.1, -0.05) is 29.7 Å². The quantitative estimate of drug-likeness (QED) is 0.771. The standard InChI is InChI=1S/C15H12ClFN2O2/c1-2-11-8(6-7-20-11)14-13(15(18)19-21-14)12-9(16)4-3-5-10(12)17/h3-7H,2H2,1H3,(H2,18,19). The summed E-state index contributed by atoms with van der Waals surface area (Å²) in [5.41, 5.74) is 7.06. The molecule has 108 valence electrons. The van der Waals surface area contributed by atoms with Crippen LogP contribution in [0, 0.1) is 5.82 Å². The highest BCUT2D eigenvalue weighted by molar-refractivity contribution is 6.33. The van der Waals surface area contributed by atoms with Crippen LogP contribution >= 0.6 is 11.6 Å². The molecule has 2 heterocycles. The van der Waals surface area contributed by atoms with Crippen molar-refractivity contribution in [3.8, 4) is 22.5 Å². The first-order valence-corrected chi connectivity index (χ1v) is 6.77. The van der Waals surface area contributed by atoms with Crippen molar-refractivity contribution >= 4 is 17.4 Å². The lowest BCUT2D eigenvalue weighted by molar-refractivity contribution is 0.433. The van der Waals surface area contributed by atoms with Crippen molar-refractivity contribution in [3.05, 3.63) is 47.1 Å². The fraction of sp³-hybridized carbons (Fsp3) is 0.133. The van der Waals surface area contributed by atoms with Gasteiger partial charge >= 0.3 is 0 Å². The van der Waals surface area contributed by atoms with Crippen LogP contribution in [-0.4, -0.2) is 5.16 Å². The summed E-state index contributed by atoms with van der Waals surface area (Å²) in [5.74, 6) is 0.658. The van der Waals surface area contributed by atoms with Gasteiger partial charge < -0.3 is 14.7 Å². The summed E-state index contributed by atoms with van der Waals surface area (Å²) in [4.78, 5) is 0. The number of nitrogens with two attached hydrogens (primary N) is 1. The van der Waals surface area contributed by atoms with Crippen molar-refractivity contribution in [1.82, 2.24) is 5.16 Å². The molecule has 6 heteroatoms. The molecule has 0 aliphatic rings. The Bertz CT molecular complexity index is 775. The first kappa shape index (κ1) is 13.7. The summed E-state index contributed by atoms with van der Waals surface area (Å²) in [6.45, 7) is 1.94. The molecule has 4 nitrogen and oxygen atoms in total. The lowest BCUT2D eigenvalue weighted by atomic mass is 10.0. The molecule has 0 saturated carbocycles. The molecular formula is C15H12ClFN2O2. The number of rotatable bonds is 3. The second kappa shape index (κ2) is 5.26. The Labute approximate surface area is 125 Å². The number of nitrogens with zero attached hydrogens (tertiary/aromatic N) is 1. The van der Waals surface area contributed by atoms with Crippen LogP contribution in [0.1, 0.15) is 12.7 Å². The highest BCUT2D eigenvalue weighted by atomic mass is 35.5. The topological polar surface area (TPSA) is 65.2 Å². The molecule has 0 aliphatic carbocycles. The number of hydrogen-bond donors (Lipinski definition) is 1. The Morgan fingerprint density at radius 2 is 2.10 bits per heavy atom. The summed E-state index contributed by atoms with van der Waals surface area (Å²) in [5, 5.41) is 3.99. The van der Waals surface area contributed by atoms with E-state index in [1.807, 2.05) is 6.92 Å². The van der Waals surface area contributed by atoms with Gasteiger partial charge in [0.25, 0.3) is 0 Å². The van der Waals surface area contributed by atoms with E-state index in [-0.39, 0.29) is 16.4 Å². The number of furan rings is 1. The van der Waals surface area contributed by atoms with E-state index in [9.17, 15) is 4.39 Å². The molecule has 0 aliphatic heterocycles. The molecule has 3 rings (SSSR count). The van der Waals surface area contributed by atoms with Gasteiger partial charge in [0.05, 0.1) is 22.4 Å². The third-order valence-corrected chi connectivity index (χ3v) is 3.56. The smallest absolute Gasteiger partial charge is 0.180 e. The fourth-order valence-electron chi connectivity index (χ4n) is 2.28. The van der Waals surface area contributed by atoms with Crippen LogP contribution in [0.3, 0.4) is 0 Å². The van der Waals surface area contributed by atoms with Gasteiger partial charge in [0.15, 0.2) is 11.6 Å². The highest BCUT2D eigenvalue weighted by Crippen LogP contribution is 2.42. The minimum Gasteiger partial charge on any atom is -0.469 e. The average molecular weight is 307 g/mol. The monoisotopic (exact) mass is 306 g/mol. The summed E-state index contributed by atoms with van der Waals surface area (Å²) in [7, 11) is 0. The first-order valence-electron chi connectivity index (χ1n) is 6.39. The molecule has 0 spiro atoms. The van der Waals surface area contributed by atoms with E-state index in [4.69, 9.17) is 26.3 Å². The van der Waals surface area contributed by atoms with Crippen molar-refractivity contribution in [2.75, 3.05) is 5.73 Å². The molecule has 0 saturated heterocycles. The van der Waals surface area contributed by atoms with Crippen LogP contribution < -0.4 is 5.73 Å². The van der Waals surface area contributed by atoms with Crippen LogP contribution in [0.15, 0.2) is 39.5 Å². The van der Waals surface area contributed by atoms with E-state index in [2.05, 4.69) is 5.16 Å². The second-order valence-electron chi connectivity index (χ2n) is 4.48. The lowest BCUT2D eigenvalue weighted by Gasteiger charge is -2.06. The van der Waals surface area contributed by atoms with Crippen molar-refractivity contribution in [2.45, 2.75) is 13.3 Å². The van der Waals surface area contributed by atoms with Gasteiger partial charge in [0, 0.05) is 12.0 Å². The molecule has 0 amide bonds. The maximum Gasteiger partial charge on any atom is 0.180 e. The van der Waals surface area contributed by atoms with Gasteiger partial charge in [-0.05, 0) is 18.2 Å². The van der Waals surface area contributed by atoms with Crippen LogP contribution in [0.2, 0.25) is 5.02 Å². The van der Waals surface area contributed by atoms with Crippen molar-refractivity contribution < 1.29 is 13.3 Å². The first-order chi connectivity index (χ1) is 10.1. The molecule has 0 radical (unpaired) electrons. The van der Waals surface area contributed by atoms with Crippen molar-refractivity contribution in [3.63, 3.8) is 0 Å². The number of nitrogen functional groups attached to an aromatic ring is 1. The van der Waals surface area contributed by atoms with E-state index >= 15 is 0 Å². The van der Waals surface area contributed by atoms with Crippen LogP contribution in [0.25, 0.3) is 22.5 Å². The van der Waals surface area contributed by atoms with E-state index in [0.717, 1.165) is 0 Å². The number of hydrogen-bond acceptors (Lipinski definition) is 4. The lowest BCUT2D eigenvalue weighted by Crippen LogP contribution is -1.93. The molecule has 2 aromatic heterocycles. The minimum absolute atomic E-state index is 0.0836. The van der Waals surface area contributed by atoms with Crippen LogP contribution in [0.5, 0.6) is 0 Å². The average Bonchev–Trinajstić information content (AvgIpc) is 3.06. The normalized spacial score (nSPS) is 11.0. The largest absolute Gasteiger partial charge is 0.469 e. The zero-order chi connectivity index (χ0) is 15.0. The molecule has 1 aromatic carbocycles. The van der Waals surface area contributed by atoms with Crippen molar-refractivity contribution in [2.24, 2.45) is 0 Å². The van der Waals surface area contributed by atoms with Crippen molar-refractivity contribution in [1.29, 1.82) is 0 Å². The Kier molecular flexibility index (Phi) is 3.43. The molecule has 2 N–H and O–H groups in total. The van der Waals surface area contributed by atoms with E-state index in [0.29, 0.717) is 29.1 Å². The number of halogens is 2. The maximum absolute atomic E-state index is 14.2. The maximum atomic E-state index is 14.2. The molecule has 3 aromatic rings. The predicted molar refractivity (Wildman–Crippen MR) is 78.4 cm³/mol. The Hall–Kier alpha value is -2.27. The van der Waals surface area contributed by atoms with Crippen LogP contribution in [0.4, 0.5) is 10.2 Å². The third-order valence-electron chi connectivity index (χ3n) is 3.24. The van der Waals surface area contributed by atoms with Gasteiger partial charge in [-0.2, -0.15) is 0 Å².